The molecule has 31 heavy (non-hydrogen) atoms. The predicted molar refractivity (Wildman–Crippen MR) is 111 cm³/mol. The Kier molecular flexibility index (Phi) is 5.77. The highest BCUT2D eigenvalue weighted by atomic mass is 35.5. The quantitative estimate of drug-likeness (QED) is 0.359. The summed E-state index contributed by atoms with van der Waals surface area (Å²) in [5.74, 6) is 0. The van der Waals surface area contributed by atoms with Gasteiger partial charge in [-0.2, -0.15) is 13.2 Å². The maximum atomic E-state index is 13.4. The number of nitro benzene ring substituents is 1. The molecule has 0 spiro atoms. The molecule has 0 aliphatic carbocycles. The van der Waals surface area contributed by atoms with E-state index in [1.807, 2.05) is 27.8 Å². The molecule has 162 valence electrons. The number of benzene rings is 2. The van der Waals surface area contributed by atoms with Gasteiger partial charge in [-0.3, -0.25) is 15.0 Å². The van der Waals surface area contributed by atoms with Crippen molar-refractivity contribution in [3.05, 3.63) is 98.3 Å². The van der Waals surface area contributed by atoms with Gasteiger partial charge in [0.15, 0.2) is 0 Å². The van der Waals surface area contributed by atoms with Gasteiger partial charge >= 0.3 is 6.18 Å². The summed E-state index contributed by atoms with van der Waals surface area (Å²) >= 11 is 6.32. The smallest absolute Gasteiger partial charge is 0.350 e. The van der Waals surface area contributed by atoms with Crippen molar-refractivity contribution in [2.75, 3.05) is 6.54 Å². The summed E-state index contributed by atoms with van der Waals surface area (Å²) in [6.45, 7) is 1.60. The standard InChI is InChI=1S/C22H19ClF3N3O2/c23-19-8-7-18(29(30)31)13-16(19)14-28-11-3-10-27-9-2-6-20(27)21(28)15-4-1-5-17(12-15)22(24,25)26/h1-2,4-9,12-13,21H,3,10-11,14H2/t21-/m1/s1. The van der Waals surface area contributed by atoms with E-state index in [-0.39, 0.29) is 12.2 Å². The second-order valence-electron chi connectivity index (χ2n) is 7.51. The number of fused-ring (bicyclic) bond motifs is 1. The van der Waals surface area contributed by atoms with Crippen LogP contribution in [-0.2, 0) is 19.3 Å². The van der Waals surface area contributed by atoms with E-state index in [4.69, 9.17) is 11.6 Å². The maximum Gasteiger partial charge on any atom is 0.416 e. The number of aromatic nitrogens is 1. The van der Waals surface area contributed by atoms with Gasteiger partial charge in [0.25, 0.3) is 5.69 Å². The molecule has 0 radical (unpaired) electrons. The molecular formula is C22H19ClF3N3O2. The van der Waals surface area contributed by atoms with Crippen LogP contribution in [0, 0.1) is 10.1 Å². The summed E-state index contributed by atoms with van der Waals surface area (Å²) in [5.41, 5.74) is 1.17. The van der Waals surface area contributed by atoms with Crippen molar-refractivity contribution in [3.8, 4) is 0 Å². The van der Waals surface area contributed by atoms with E-state index in [0.29, 0.717) is 22.7 Å². The van der Waals surface area contributed by atoms with Crippen LogP contribution in [0.25, 0.3) is 0 Å². The Morgan fingerprint density at radius 2 is 1.90 bits per heavy atom. The average molecular weight is 450 g/mol. The molecule has 3 aromatic rings. The van der Waals surface area contributed by atoms with Gasteiger partial charge in [0, 0.05) is 48.7 Å². The summed E-state index contributed by atoms with van der Waals surface area (Å²) in [6, 6.07) is 12.9. The minimum absolute atomic E-state index is 0.0757. The first kappa shape index (κ1) is 21.4. The normalized spacial score (nSPS) is 17.2. The SMILES string of the molecule is O=[N+]([O-])c1ccc(Cl)c(CN2CCCn3cccc3[C@H]2c2cccc(C(F)(F)F)c2)c1. The summed E-state index contributed by atoms with van der Waals surface area (Å²) in [5, 5.41) is 11.6. The molecule has 0 amide bonds. The van der Waals surface area contributed by atoms with Crippen LogP contribution >= 0.6 is 11.6 Å². The fraction of sp³-hybridized carbons (Fsp3) is 0.273. The molecular weight excluding hydrogens is 431 g/mol. The summed E-state index contributed by atoms with van der Waals surface area (Å²) in [6.07, 6.45) is -1.75. The van der Waals surface area contributed by atoms with Crippen molar-refractivity contribution >= 4 is 17.3 Å². The van der Waals surface area contributed by atoms with Crippen molar-refractivity contribution in [1.29, 1.82) is 0 Å². The number of hydrogen-bond acceptors (Lipinski definition) is 3. The summed E-state index contributed by atoms with van der Waals surface area (Å²) in [7, 11) is 0. The fourth-order valence-electron chi connectivity index (χ4n) is 4.09. The van der Waals surface area contributed by atoms with Gasteiger partial charge < -0.3 is 4.57 Å². The lowest BCUT2D eigenvalue weighted by molar-refractivity contribution is -0.384. The Labute approximate surface area is 181 Å². The van der Waals surface area contributed by atoms with Crippen molar-refractivity contribution < 1.29 is 18.1 Å². The molecule has 0 unspecified atom stereocenters. The van der Waals surface area contributed by atoms with Crippen LogP contribution in [0.15, 0.2) is 60.8 Å². The highest BCUT2D eigenvalue weighted by molar-refractivity contribution is 6.31. The van der Waals surface area contributed by atoms with Gasteiger partial charge in [0.1, 0.15) is 0 Å². The molecule has 5 nitrogen and oxygen atoms in total. The number of alkyl halides is 3. The molecule has 0 fully saturated rings. The van der Waals surface area contributed by atoms with Crippen LogP contribution in [0.3, 0.4) is 0 Å². The second-order valence-corrected chi connectivity index (χ2v) is 7.92. The fourth-order valence-corrected chi connectivity index (χ4v) is 4.27. The average Bonchev–Trinajstić information content (AvgIpc) is 3.10. The van der Waals surface area contributed by atoms with Crippen LogP contribution in [0.4, 0.5) is 18.9 Å². The first-order valence-electron chi connectivity index (χ1n) is 9.73. The summed E-state index contributed by atoms with van der Waals surface area (Å²) < 4.78 is 42.1. The van der Waals surface area contributed by atoms with E-state index in [0.717, 1.165) is 24.7 Å². The molecule has 1 atom stereocenters. The molecule has 0 bridgehead atoms. The Morgan fingerprint density at radius 1 is 1.10 bits per heavy atom. The van der Waals surface area contributed by atoms with Gasteiger partial charge in [-0.1, -0.05) is 23.7 Å². The first-order valence-corrected chi connectivity index (χ1v) is 10.1. The lowest BCUT2D eigenvalue weighted by atomic mass is 9.98. The van der Waals surface area contributed by atoms with E-state index in [1.165, 1.54) is 30.3 Å². The van der Waals surface area contributed by atoms with Crippen molar-refractivity contribution in [3.63, 3.8) is 0 Å². The number of halogens is 4. The number of non-ortho nitro benzene ring substituents is 1. The monoisotopic (exact) mass is 449 g/mol. The number of rotatable bonds is 4. The molecule has 9 heteroatoms. The molecule has 4 rings (SSSR count). The molecule has 2 heterocycles. The molecule has 1 aromatic heterocycles. The van der Waals surface area contributed by atoms with Crippen LogP contribution < -0.4 is 0 Å². The zero-order valence-electron chi connectivity index (χ0n) is 16.3. The minimum atomic E-state index is -4.45. The van der Waals surface area contributed by atoms with Gasteiger partial charge in [0.05, 0.1) is 16.5 Å². The zero-order valence-corrected chi connectivity index (χ0v) is 17.1. The second kappa shape index (κ2) is 8.36. The van der Waals surface area contributed by atoms with Crippen LogP contribution in [0.2, 0.25) is 5.02 Å². The maximum absolute atomic E-state index is 13.4. The largest absolute Gasteiger partial charge is 0.416 e. The molecule has 0 saturated carbocycles. The lowest BCUT2D eigenvalue weighted by Gasteiger charge is -2.31. The van der Waals surface area contributed by atoms with E-state index >= 15 is 0 Å². The number of aryl methyl sites for hydroxylation is 1. The van der Waals surface area contributed by atoms with Crippen LogP contribution in [-0.4, -0.2) is 20.9 Å². The van der Waals surface area contributed by atoms with Gasteiger partial charge in [-0.25, -0.2) is 0 Å². The van der Waals surface area contributed by atoms with E-state index < -0.39 is 22.7 Å². The Balaban J connectivity index is 1.78. The zero-order chi connectivity index (χ0) is 22.2. The number of nitrogens with zero attached hydrogens (tertiary/aromatic N) is 3. The molecule has 0 N–H and O–H groups in total. The van der Waals surface area contributed by atoms with Gasteiger partial charge in [-0.05, 0) is 47.9 Å². The Hall–Kier alpha value is -2.84. The van der Waals surface area contributed by atoms with Crippen molar-refractivity contribution in [1.82, 2.24) is 9.47 Å². The third-order valence-corrected chi connectivity index (χ3v) is 5.87. The Morgan fingerprint density at radius 3 is 2.65 bits per heavy atom. The number of nitro groups is 1. The van der Waals surface area contributed by atoms with Crippen molar-refractivity contribution in [2.45, 2.75) is 31.7 Å². The molecule has 1 aliphatic heterocycles. The molecule has 2 aromatic carbocycles. The summed E-state index contributed by atoms with van der Waals surface area (Å²) in [4.78, 5) is 12.7. The number of hydrogen-bond donors (Lipinski definition) is 0. The van der Waals surface area contributed by atoms with E-state index in [9.17, 15) is 23.3 Å². The molecule has 0 saturated heterocycles. The van der Waals surface area contributed by atoms with Crippen LogP contribution in [0.5, 0.6) is 0 Å². The third-order valence-electron chi connectivity index (χ3n) is 5.50. The minimum Gasteiger partial charge on any atom is -0.350 e. The predicted octanol–water partition coefficient (Wildman–Crippen LogP) is 6.06. The van der Waals surface area contributed by atoms with Crippen LogP contribution in [0.1, 0.15) is 34.8 Å². The van der Waals surface area contributed by atoms with Gasteiger partial charge in [0.2, 0.25) is 0 Å². The highest BCUT2D eigenvalue weighted by Gasteiger charge is 2.33. The lowest BCUT2D eigenvalue weighted by Crippen LogP contribution is -2.30. The van der Waals surface area contributed by atoms with E-state index in [1.54, 1.807) is 6.07 Å². The third kappa shape index (κ3) is 4.45. The van der Waals surface area contributed by atoms with Crippen molar-refractivity contribution in [2.24, 2.45) is 0 Å². The Bertz CT molecular complexity index is 1110. The van der Waals surface area contributed by atoms with Gasteiger partial charge in [-0.15, -0.1) is 0 Å². The highest BCUT2D eigenvalue weighted by Crippen LogP contribution is 2.37. The topological polar surface area (TPSA) is 51.3 Å². The molecule has 1 aliphatic rings. The van der Waals surface area contributed by atoms with E-state index in [2.05, 4.69) is 0 Å². The first-order chi connectivity index (χ1) is 14.7.